The van der Waals surface area contributed by atoms with Gasteiger partial charge >= 0.3 is 0 Å². The van der Waals surface area contributed by atoms with E-state index in [2.05, 4.69) is 20.3 Å². The van der Waals surface area contributed by atoms with Gasteiger partial charge in [-0.25, -0.2) is 9.98 Å². The number of pyridine rings is 2. The molecule has 1 aliphatic rings. The van der Waals surface area contributed by atoms with E-state index in [0.717, 1.165) is 28.0 Å². The number of hydrogen-bond acceptors (Lipinski definition) is 7. The number of nitrogens with one attached hydrogen (secondary N) is 1. The summed E-state index contributed by atoms with van der Waals surface area (Å²) in [4.78, 5) is 25.9. The summed E-state index contributed by atoms with van der Waals surface area (Å²) in [5.74, 6) is 1.42. The van der Waals surface area contributed by atoms with Crippen LogP contribution < -0.4 is 14.8 Å². The van der Waals surface area contributed by atoms with Crippen LogP contribution in [0, 0.1) is 0 Å². The summed E-state index contributed by atoms with van der Waals surface area (Å²) in [5.41, 5.74) is 4.68. The van der Waals surface area contributed by atoms with Crippen molar-refractivity contribution < 1.29 is 18.7 Å². The van der Waals surface area contributed by atoms with E-state index in [4.69, 9.17) is 25.5 Å². The largest absolute Gasteiger partial charge is 0.481 e. The Morgan fingerprint density at radius 3 is 2.74 bits per heavy atom. The van der Waals surface area contributed by atoms with E-state index in [1.165, 1.54) is 6.26 Å². The first-order valence-corrected chi connectivity index (χ1v) is 10.7. The van der Waals surface area contributed by atoms with Crippen molar-refractivity contribution in [1.82, 2.24) is 9.97 Å². The molecule has 4 heterocycles. The minimum atomic E-state index is -0.344. The Morgan fingerprint density at radius 1 is 1.09 bits per heavy atom. The van der Waals surface area contributed by atoms with E-state index < -0.39 is 0 Å². The third-order valence-electron chi connectivity index (χ3n) is 5.37. The van der Waals surface area contributed by atoms with Gasteiger partial charge in [0.25, 0.3) is 5.91 Å². The maximum Gasteiger partial charge on any atom is 0.291 e. The number of aliphatic imine (C=N–C) groups is 1. The molecule has 0 unspecified atom stereocenters. The van der Waals surface area contributed by atoms with Crippen LogP contribution in [0.4, 0.5) is 11.5 Å². The van der Waals surface area contributed by atoms with Crippen LogP contribution in [-0.2, 0) is 6.42 Å². The van der Waals surface area contributed by atoms with Gasteiger partial charge in [0.1, 0.15) is 0 Å². The van der Waals surface area contributed by atoms with Crippen molar-refractivity contribution in [2.75, 3.05) is 19.5 Å². The van der Waals surface area contributed by atoms with Crippen LogP contribution >= 0.6 is 11.6 Å². The van der Waals surface area contributed by atoms with Crippen LogP contribution in [0.15, 0.2) is 70.4 Å². The third-order valence-corrected chi connectivity index (χ3v) is 5.70. The van der Waals surface area contributed by atoms with Gasteiger partial charge in [-0.05, 0) is 42.5 Å². The molecule has 0 aliphatic carbocycles. The number of methoxy groups -OCH3 is 2. The number of aromatic nitrogens is 2. The lowest BCUT2D eigenvalue weighted by molar-refractivity contribution is 0.0996. The molecular weight excluding hydrogens is 456 g/mol. The van der Waals surface area contributed by atoms with Gasteiger partial charge < -0.3 is 19.2 Å². The molecule has 3 aromatic heterocycles. The average molecular weight is 475 g/mol. The maximum absolute atomic E-state index is 12.3. The lowest BCUT2D eigenvalue weighted by Crippen LogP contribution is -2.11. The summed E-state index contributed by atoms with van der Waals surface area (Å²) in [6.07, 6.45) is 3.72. The van der Waals surface area contributed by atoms with Gasteiger partial charge in [-0.2, -0.15) is 4.98 Å². The Labute approximate surface area is 200 Å². The van der Waals surface area contributed by atoms with Gasteiger partial charge in [-0.15, -0.1) is 0 Å². The number of benzene rings is 1. The number of anilines is 1. The number of fused-ring (bicyclic) bond motifs is 1. The first-order chi connectivity index (χ1) is 16.6. The summed E-state index contributed by atoms with van der Waals surface area (Å²) < 4.78 is 15.8. The molecule has 170 valence electrons. The van der Waals surface area contributed by atoms with Gasteiger partial charge in [-0.1, -0.05) is 11.6 Å². The summed E-state index contributed by atoms with van der Waals surface area (Å²) in [7, 11) is 3.12. The topological polar surface area (TPSA) is 98.8 Å². The third kappa shape index (κ3) is 4.11. The van der Waals surface area contributed by atoms with E-state index in [1.807, 2.05) is 12.1 Å². The van der Waals surface area contributed by atoms with Gasteiger partial charge in [-0.3, -0.25) is 4.79 Å². The number of nitrogens with zero attached hydrogens (tertiary/aromatic N) is 3. The van der Waals surface area contributed by atoms with Crippen LogP contribution in [0.3, 0.4) is 0 Å². The molecule has 0 radical (unpaired) electrons. The Bertz CT molecular complexity index is 1420. The molecule has 0 saturated heterocycles. The van der Waals surface area contributed by atoms with E-state index in [0.29, 0.717) is 34.7 Å². The number of carbonyl (C=O) groups is 1. The lowest BCUT2D eigenvalue weighted by Gasteiger charge is -2.10. The molecule has 8 nitrogen and oxygen atoms in total. The highest BCUT2D eigenvalue weighted by molar-refractivity contribution is 6.34. The summed E-state index contributed by atoms with van der Waals surface area (Å²) in [5, 5.41) is 3.35. The second kappa shape index (κ2) is 8.99. The molecule has 4 aromatic rings. The molecule has 1 aliphatic heterocycles. The average Bonchev–Trinajstić information content (AvgIpc) is 3.54. The molecule has 0 spiro atoms. The Balaban J connectivity index is 1.41. The molecule has 1 aromatic carbocycles. The van der Waals surface area contributed by atoms with Gasteiger partial charge in [0.15, 0.2) is 11.6 Å². The molecule has 34 heavy (non-hydrogen) atoms. The first kappa shape index (κ1) is 21.7. The molecular formula is C25H19ClN4O4. The van der Waals surface area contributed by atoms with E-state index in [-0.39, 0.29) is 11.7 Å². The van der Waals surface area contributed by atoms with Crippen molar-refractivity contribution in [2.24, 2.45) is 4.99 Å². The number of halogens is 1. The zero-order chi connectivity index (χ0) is 23.7. The van der Waals surface area contributed by atoms with E-state index in [9.17, 15) is 4.79 Å². The van der Waals surface area contributed by atoms with Crippen LogP contribution in [-0.4, -0.2) is 35.8 Å². The maximum atomic E-state index is 12.3. The van der Waals surface area contributed by atoms with Crippen molar-refractivity contribution in [2.45, 2.75) is 6.42 Å². The second-order valence-corrected chi connectivity index (χ2v) is 7.89. The molecule has 1 N–H and O–H groups in total. The van der Waals surface area contributed by atoms with Gasteiger partial charge in [0.05, 0.1) is 26.2 Å². The number of hydrogen-bond donors (Lipinski definition) is 1. The fourth-order valence-corrected chi connectivity index (χ4v) is 3.95. The van der Waals surface area contributed by atoms with Crippen LogP contribution in [0.1, 0.15) is 21.7 Å². The molecule has 0 saturated carbocycles. The minimum absolute atomic E-state index is 0.224. The Kier molecular flexibility index (Phi) is 5.73. The van der Waals surface area contributed by atoms with Gasteiger partial charge in [0.2, 0.25) is 11.8 Å². The summed E-state index contributed by atoms with van der Waals surface area (Å²) >= 11 is 6.48. The fraction of sp³-hybridized carbons (Fsp3) is 0.120. The van der Waals surface area contributed by atoms with Crippen LogP contribution in [0.2, 0.25) is 5.02 Å². The highest BCUT2D eigenvalue weighted by Gasteiger charge is 2.22. The predicted molar refractivity (Wildman–Crippen MR) is 129 cm³/mol. The van der Waals surface area contributed by atoms with Crippen molar-refractivity contribution in [3.05, 3.63) is 82.9 Å². The van der Waals surface area contributed by atoms with Gasteiger partial charge in [0, 0.05) is 51.6 Å². The zero-order valence-electron chi connectivity index (χ0n) is 18.3. The molecule has 0 fully saturated rings. The monoisotopic (exact) mass is 474 g/mol. The first-order valence-electron chi connectivity index (χ1n) is 10.4. The summed E-state index contributed by atoms with van der Waals surface area (Å²) in [6, 6.07) is 14.2. The minimum Gasteiger partial charge on any atom is -0.481 e. The Hall–Kier alpha value is -4.17. The van der Waals surface area contributed by atoms with Crippen molar-refractivity contribution in [3.8, 4) is 22.9 Å². The number of furan rings is 1. The highest BCUT2D eigenvalue weighted by Crippen LogP contribution is 2.36. The predicted octanol–water partition coefficient (Wildman–Crippen LogP) is 5.34. The normalized spacial score (nSPS) is 12.1. The fourth-order valence-electron chi connectivity index (χ4n) is 3.72. The summed E-state index contributed by atoms with van der Waals surface area (Å²) in [6.45, 7) is 0. The van der Waals surface area contributed by atoms with Crippen molar-refractivity contribution in [1.29, 1.82) is 0 Å². The number of carbonyl (C=O) groups excluding carboxylic acids is 1. The number of ether oxygens (including phenoxy) is 2. The van der Waals surface area contributed by atoms with Crippen molar-refractivity contribution in [3.63, 3.8) is 0 Å². The molecule has 9 heteroatoms. The highest BCUT2D eigenvalue weighted by atomic mass is 35.5. The van der Waals surface area contributed by atoms with E-state index >= 15 is 0 Å². The smallest absolute Gasteiger partial charge is 0.291 e. The standard InChI is InChI=1S/C25H19ClN4O4/c1-32-22-8-6-17(25(30-22)33-2)15-10-14-11-20(29-23(14)27-13-15)18-12-16(5-7-19(18)26)28-24(31)21-4-3-9-34-21/h3-10,12-13H,11H2,1-2H3,(H,28,31). The second-order valence-electron chi connectivity index (χ2n) is 7.48. The zero-order valence-corrected chi connectivity index (χ0v) is 19.1. The molecule has 0 atom stereocenters. The number of amides is 1. The van der Waals surface area contributed by atoms with E-state index in [1.54, 1.807) is 56.8 Å². The Morgan fingerprint density at radius 2 is 1.97 bits per heavy atom. The van der Waals surface area contributed by atoms with Crippen molar-refractivity contribution >= 4 is 34.7 Å². The number of rotatable bonds is 6. The van der Waals surface area contributed by atoms with Crippen LogP contribution in [0.5, 0.6) is 11.8 Å². The molecule has 0 bridgehead atoms. The lowest BCUT2D eigenvalue weighted by atomic mass is 10.0. The molecule has 1 amide bonds. The van der Waals surface area contributed by atoms with Crippen LogP contribution in [0.25, 0.3) is 11.1 Å². The SMILES string of the molecule is COc1ccc(-c2cnc3c(c2)CC(c2cc(NC(=O)c4ccco4)ccc2Cl)=N3)c(OC)n1. The quantitative estimate of drug-likeness (QED) is 0.405. The molecule has 5 rings (SSSR count).